The van der Waals surface area contributed by atoms with Gasteiger partial charge < -0.3 is 14.9 Å². The van der Waals surface area contributed by atoms with E-state index in [1.165, 1.54) is 0 Å². The molecule has 18 heavy (non-hydrogen) atoms. The molecule has 0 radical (unpaired) electrons. The van der Waals surface area contributed by atoms with Crippen molar-refractivity contribution in [2.75, 3.05) is 7.11 Å². The van der Waals surface area contributed by atoms with E-state index in [9.17, 15) is 0 Å². The van der Waals surface area contributed by atoms with Crippen molar-refractivity contribution in [1.29, 1.82) is 0 Å². The minimum absolute atomic E-state index is 0.359. The maximum atomic E-state index is 6.25. The number of rotatable bonds is 5. The lowest BCUT2D eigenvalue weighted by Crippen LogP contribution is -2.17. The molecule has 0 saturated carbocycles. The molecular weight excluding hydrogens is 230 g/mol. The van der Waals surface area contributed by atoms with Crippen LogP contribution >= 0.6 is 0 Å². The molecule has 0 amide bonds. The average molecular weight is 249 g/mol. The van der Waals surface area contributed by atoms with Gasteiger partial charge in [-0.05, 0) is 19.1 Å². The van der Waals surface area contributed by atoms with Crippen LogP contribution in [0.25, 0.3) is 0 Å². The van der Waals surface area contributed by atoms with Gasteiger partial charge in [-0.1, -0.05) is 6.92 Å². The smallest absolute Gasteiger partial charge is 0.162 e. The molecule has 2 aromatic rings. The minimum Gasteiger partial charge on any atom is -0.493 e. The van der Waals surface area contributed by atoms with Crippen LogP contribution in [0.3, 0.4) is 0 Å². The van der Waals surface area contributed by atoms with Gasteiger partial charge in [0.25, 0.3) is 0 Å². The Labute approximate surface area is 107 Å². The summed E-state index contributed by atoms with van der Waals surface area (Å²) in [7, 11) is 1.62. The summed E-state index contributed by atoms with van der Waals surface area (Å²) in [6.45, 7) is 4.81. The van der Waals surface area contributed by atoms with Crippen molar-refractivity contribution >= 4 is 0 Å². The number of ether oxygens (including phenoxy) is 1. The molecule has 0 aliphatic heterocycles. The van der Waals surface area contributed by atoms with E-state index < -0.39 is 0 Å². The standard InChI is InChI=1S/C13H19N3O2/c1-4-9-6-7-10(18-9)12(14)13-11(17-3)8-15-16(13)5-2/h6-8,12H,4-5,14H2,1-3H3. The van der Waals surface area contributed by atoms with E-state index in [0.717, 1.165) is 30.2 Å². The predicted molar refractivity (Wildman–Crippen MR) is 68.6 cm³/mol. The summed E-state index contributed by atoms with van der Waals surface area (Å²) in [4.78, 5) is 0. The molecule has 98 valence electrons. The van der Waals surface area contributed by atoms with Crippen LogP contribution < -0.4 is 10.5 Å². The minimum atomic E-state index is -0.359. The van der Waals surface area contributed by atoms with Gasteiger partial charge in [-0.25, -0.2) is 0 Å². The van der Waals surface area contributed by atoms with Gasteiger partial charge in [0.05, 0.1) is 13.3 Å². The van der Waals surface area contributed by atoms with E-state index in [0.29, 0.717) is 5.75 Å². The van der Waals surface area contributed by atoms with E-state index in [1.807, 2.05) is 30.7 Å². The Morgan fingerprint density at radius 3 is 2.78 bits per heavy atom. The summed E-state index contributed by atoms with van der Waals surface area (Å²) in [6.07, 6.45) is 2.54. The van der Waals surface area contributed by atoms with Gasteiger partial charge >= 0.3 is 0 Å². The van der Waals surface area contributed by atoms with Gasteiger partial charge in [-0.3, -0.25) is 4.68 Å². The highest BCUT2D eigenvalue weighted by atomic mass is 16.5. The SMILES string of the molecule is CCc1ccc(C(N)c2c(OC)cnn2CC)o1. The van der Waals surface area contributed by atoms with Crippen molar-refractivity contribution in [3.05, 3.63) is 35.5 Å². The van der Waals surface area contributed by atoms with Crippen LogP contribution in [0.15, 0.2) is 22.7 Å². The van der Waals surface area contributed by atoms with Crippen LogP contribution in [-0.2, 0) is 13.0 Å². The molecule has 0 aliphatic rings. The van der Waals surface area contributed by atoms with Gasteiger partial charge in [0.1, 0.15) is 23.3 Å². The summed E-state index contributed by atoms with van der Waals surface area (Å²) in [5, 5.41) is 4.25. The fourth-order valence-corrected chi connectivity index (χ4v) is 1.99. The predicted octanol–water partition coefficient (Wildman–Crippen LogP) is 2.12. The second kappa shape index (κ2) is 5.27. The lowest BCUT2D eigenvalue weighted by atomic mass is 10.1. The Bertz CT molecular complexity index is 495. The molecule has 2 heterocycles. The number of methoxy groups -OCH3 is 1. The molecular formula is C13H19N3O2. The molecule has 0 bridgehead atoms. The highest BCUT2D eigenvalue weighted by Crippen LogP contribution is 2.29. The fraction of sp³-hybridized carbons (Fsp3) is 0.462. The summed E-state index contributed by atoms with van der Waals surface area (Å²) >= 11 is 0. The Hall–Kier alpha value is -1.75. The maximum Gasteiger partial charge on any atom is 0.162 e. The lowest BCUT2D eigenvalue weighted by molar-refractivity contribution is 0.394. The summed E-state index contributed by atoms with van der Waals surface area (Å²) in [5.41, 5.74) is 7.09. The number of furan rings is 1. The largest absolute Gasteiger partial charge is 0.493 e. The Morgan fingerprint density at radius 2 is 2.22 bits per heavy atom. The molecule has 1 atom stereocenters. The molecule has 0 fully saturated rings. The van der Waals surface area contributed by atoms with Crippen molar-refractivity contribution in [2.45, 2.75) is 32.9 Å². The molecule has 2 N–H and O–H groups in total. The molecule has 2 rings (SSSR count). The number of hydrogen-bond acceptors (Lipinski definition) is 4. The van der Waals surface area contributed by atoms with E-state index >= 15 is 0 Å². The third-order valence-corrected chi connectivity index (χ3v) is 3.00. The van der Waals surface area contributed by atoms with Crippen molar-refractivity contribution in [1.82, 2.24) is 9.78 Å². The van der Waals surface area contributed by atoms with Crippen molar-refractivity contribution < 1.29 is 9.15 Å². The van der Waals surface area contributed by atoms with E-state index in [4.69, 9.17) is 14.9 Å². The van der Waals surface area contributed by atoms with Gasteiger partial charge in [-0.2, -0.15) is 5.10 Å². The highest BCUT2D eigenvalue weighted by Gasteiger charge is 2.22. The first-order valence-electron chi connectivity index (χ1n) is 6.15. The average Bonchev–Trinajstić information content (AvgIpc) is 3.03. The first kappa shape index (κ1) is 12.7. The van der Waals surface area contributed by atoms with Crippen LogP contribution in [0, 0.1) is 0 Å². The third kappa shape index (κ3) is 2.13. The Morgan fingerprint density at radius 1 is 1.44 bits per heavy atom. The third-order valence-electron chi connectivity index (χ3n) is 3.00. The van der Waals surface area contributed by atoms with Crippen LogP contribution in [0.1, 0.15) is 37.1 Å². The quantitative estimate of drug-likeness (QED) is 0.881. The molecule has 1 unspecified atom stereocenters. The van der Waals surface area contributed by atoms with Crippen molar-refractivity contribution in [2.24, 2.45) is 5.73 Å². The van der Waals surface area contributed by atoms with Gasteiger partial charge in [0, 0.05) is 13.0 Å². The summed E-state index contributed by atoms with van der Waals surface area (Å²) < 4.78 is 12.8. The number of nitrogens with two attached hydrogens (primary N) is 1. The molecule has 0 aromatic carbocycles. The number of hydrogen-bond donors (Lipinski definition) is 1. The van der Waals surface area contributed by atoms with Gasteiger partial charge in [0.15, 0.2) is 5.75 Å². The van der Waals surface area contributed by atoms with Crippen molar-refractivity contribution in [3.63, 3.8) is 0 Å². The molecule has 5 heteroatoms. The second-order valence-corrected chi connectivity index (χ2v) is 4.05. The van der Waals surface area contributed by atoms with Crippen molar-refractivity contribution in [3.8, 4) is 5.75 Å². The zero-order valence-electron chi connectivity index (χ0n) is 11.0. The molecule has 0 aliphatic carbocycles. The normalized spacial score (nSPS) is 12.7. The number of nitrogens with zero attached hydrogens (tertiary/aromatic N) is 2. The van der Waals surface area contributed by atoms with Crippen LogP contribution in [0.2, 0.25) is 0 Å². The van der Waals surface area contributed by atoms with Gasteiger partial charge in [-0.15, -0.1) is 0 Å². The molecule has 2 aromatic heterocycles. The monoisotopic (exact) mass is 249 g/mol. The van der Waals surface area contributed by atoms with E-state index in [1.54, 1.807) is 13.3 Å². The first-order valence-corrected chi connectivity index (χ1v) is 6.15. The highest BCUT2D eigenvalue weighted by molar-refractivity contribution is 5.33. The fourth-order valence-electron chi connectivity index (χ4n) is 1.99. The topological polar surface area (TPSA) is 66.2 Å². The Kier molecular flexibility index (Phi) is 3.72. The maximum absolute atomic E-state index is 6.25. The number of aromatic nitrogens is 2. The Balaban J connectivity index is 2.37. The zero-order chi connectivity index (χ0) is 13.1. The van der Waals surface area contributed by atoms with Gasteiger partial charge in [0.2, 0.25) is 0 Å². The summed E-state index contributed by atoms with van der Waals surface area (Å²) in [5.74, 6) is 2.36. The molecule has 5 nitrogen and oxygen atoms in total. The van der Waals surface area contributed by atoms with Crippen LogP contribution in [0.5, 0.6) is 5.75 Å². The molecule has 0 spiro atoms. The molecule has 0 saturated heterocycles. The zero-order valence-corrected chi connectivity index (χ0v) is 11.0. The van der Waals surface area contributed by atoms with E-state index in [2.05, 4.69) is 5.10 Å². The first-order chi connectivity index (χ1) is 8.71. The van der Waals surface area contributed by atoms with E-state index in [-0.39, 0.29) is 6.04 Å². The van der Waals surface area contributed by atoms with Crippen LogP contribution in [0.4, 0.5) is 0 Å². The summed E-state index contributed by atoms with van der Waals surface area (Å²) in [6, 6.07) is 3.51. The lowest BCUT2D eigenvalue weighted by Gasteiger charge is -2.13. The second-order valence-electron chi connectivity index (χ2n) is 4.05. The van der Waals surface area contributed by atoms with Crippen LogP contribution in [-0.4, -0.2) is 16.9 Å². The number of aryl methyl sites for hydroxylation is 2.